The lowest BCUT2D eigenvalue weighted by Crippen LogP contribution is -2.53. The molecule has 11 nitrogen and oxygen atoms in total. The van der Waals surface area contributed by atoms with E-state index >= 15 is 8.78 Å². The van der Waals surface area contributed by atoms with Crippen molar-refractivity contribution in [3.8, 4) is 41.2 Å². The number of phenolic OH excluding ortho intramolecular Hbond substituents is 1. The maximum atomic E-state index is 17.2. The zero-order chi connectivity index (χ0) is 37.6. The van der Waals surface area contributed by atoms with Gasteiger partial charge in [-0.15, -0.1) is 6.42 Å². The number of ether oxygens (including phenoxy) is 3. The average Bonchev–Trinajstić information content (AvgIpc) is 3.42. The molecule has 2 aromatic heterocycles. The molecule has 0 bridgehead atoms. The number of aromatic nitrogens is 3. The van der Waals surface area contributed by atoms with E-state index in [1.54, 1.807) is 0 Å². The number of terminal acetylenes is 1. The number of benzene rings is 2. The number of anilines is 1. The van der Waals surface area contributed by atoms with Gasteiger partial charge in [-0.3, -0.25) is 4.90 Å². The van der Waals surface area contributed by atoms with Crippen LogP contribution >= 0.6 is 0 Å². The van der Waals surface area contributed by atoms with E-state index in [1.807, 2.05) is 4.90 Å². The molecule has 5 heterocycles. The van der Waals surface area contributed by atoms with Gasteiger partial charge in [-0.1, -0.05) is 18.4 Å². The van der Waals surface area contributed by atoms with Gasteiger partial charge >= 0.3 is 6.01 Å². The van der Waals surface area contributed by atoms with Crippen molar-refractivity contribution in [2.24, 2.45) is 11.3 Å². The minimum atomic E-state index is -2.93. The molecule has 1 N–H and O–H groups in total. The number of pyridine rings is 1. The third kappa shape index (κ3) is 6.79. The second-order valence-electron chi connectivity index (χ2n) is 15.2. The summed E-state index contributed by atoms with van der Waals surface area (Å²) in [7, 11) is -1.51. The second kappa shape index (κ2) is 14.7. The standard InChI is InChI=1S/C40H45F2N5O6S/c1-3-28-30(41)9-8-26-21-27(48)22-29(32(26)28)35-34(42)36-33(38(43-35)51-2)37(46-15-6-17-52-18-16-46)45-39(44-36)53-24-40-12-4-7-31(40)47(14-5-13-40)23-25-10-19-54(49,50)20-11-25/h1,8-9,21-22,25,31,48H,4-7,10-20,23-24H2,2H3. The summed E-state index contributed by atoms with van der Waals surface area (Å²) >= 11 is 0. The molecule has 2 atom stereocenters. The Labute approximate surface area is 313 Å². The van der Waals surface area contributed by atoms with Crippen molar-refractivity contribution in [2.75, 3.05) is 69.5 Å². The molecule has 0 spiro atoms. The van der Waals surface area contributed by atoms with Crippen LogP contribution in [0.5, 0.6) is 17.6 Å². The van der Waals surface area contributed by atoms with Crippen LogP contribution in [0.3, 0.4) is 0 Å². The van der Waals surface area contributed by atoms with Crippen LogP contribution in [0.15, 0.2) is 24.3 Å². The molecule has 286 valence electrons. The number of aromatic hydroxyl groups is 1. The van der Waals surface area contributed by atoms with Crippen molar-refractivity contribution in [2.45, 2.75) is 57.4 Å². The van der Waals surface area contributed by atoms with Crippen LogP contribution in [0.2, 0.25) is 0 Å². The molecule has 1 saturated carbocycles. The fourth-order valence-corrected chi connectivity index (χ4v) is 10.9. The lowest BCUT2D eigenvalue weighted by Gasteiger charge is -2.47. The van der Waals surface area contributed by atoms with Gasteiger partial charge in [0.05, 0.1) is 37.4 Å². The molecule has 54 heavy (non-hydrogen) atoms. The fraction of sp³-hybridized carbons (Fsp3) is 0.525. The smallest absolute Gasteiger partial charge is 0.319 e. The van der Waals surface area contributed by atoms with E-state index < -0.39 is 21.5 Å². The summed E-state index contributed by atoms with van der Waals surface area (Å²) in [6.07, 6.45) is 12.9. The molecule has 4 fully saturated rings. The molecule has 14 heteroatoms. The number of hydrogen-bond acceptors (Lipinski definition) is 11. The zero-order valence-corrected chi connectivity index (χ0v) is 31.3. The van der Waals surface area contributed by atoms with Crippen LogP contribution in [0.25, 0.3) is 32.9 Å². The van der Waals surface area contributed by atoms with Crippen LogP contribution in [0, 0.1) is 35.3 Å². The molecule has 1 aliphatic carbocycles. The summed E-state index contributed by atoms with van der Waals surface area (Å²) < 4.78 is 74.6. The van der Waals surface area contributed by atoms with Gasteiger partial charge in [0, 0.05) is 48.6 Å². The van der Waals surface area contributed by atoms with E-state index in [4.69, 9.17) is 30.6 Å². The third-order valence-corrected chi connectivity index (χ3v) is 13.7. The minimum absolute atomic E-state index is 0.0199. The van der Waals surface area contributed by atoms with E-state index in [0.29, 0.717) is 62.9 Å². The van der Waals surface area contributed by atoms with Gasteiger partial charge in [0.1, 0.15) is 43.8 Å². The molecule has 3 aliphatic heterocycles. The highest BCUT2D eigenvalue weighted by Gasteiger charge is 2.49. The van der Waals surface area contributed by atoms with Gasteiger partial charge in [0.2, 0.25) is 5.88 Å². The highest BCUT2D eigenvalue weighted by Crippen LogP contribution is 2.49. The molecule has 0 amide bonds. The van der Waals surface area contributed by atoms with Crippen molar-refractivity contribution in [1.82, 2.24) is 19.9 Å². The molecule has 3 saturated heterocycles. The summed E-state index contributed by atoms with van der Waals surface area (Å²) in [4.78, 5) is 18.8. The van der Waals surface area contributed by atoms with Crippen LogP contribution < -0.4 is 14.4 Å². The van der Waals surface area contributed by atoms with Crippen molar-refractivity contribution in [3.05, 3.63) is 41.5 Å². The molecule has 0 radical (unpaired) electrons. The van der Waals surface area contributed by atoms with E-state index in [-0.39, 0.29) is 73.7 Å². The summed E-state index contributed by atoms with van der Waals surface area (Å²) in [5.74, 6) is 2.06. The molecule has 4 aliphatic rings. The Morgan fingerprint density at radius 1 is 1.02 bits per heavy atom. The second-order valence-corrected chi connectivity index (χ2v) is 17.5. The van der Waals surface area contributed by atoms with Crippen LogP contribution in [0.1, 0.15) is 56.9 Å². The van der Waals surface area contributed by atoms with Gasteiger partial charge in [0.25, 0.3) is 0 Å². The predicted molar refractivity (Wildman–Crippen MR) is 202 cm³/mol. The van der Waals surface area contributed by atoms with E-state index in [1.165, 1.54) is 31.4 Å². The van der Waals surface area contributed by atoms with Gasteiger partial charge in [0.15, 0.2) is 5.82 Å². The highest BCUT2D eigenvalue weighted by atomic mass is 32.2. The zero-order valence-electron chi connectivity index (χ0n) is 30.5. The maximum absolute atomic E-state index is 17.2. The number of halogens is 2. The Morgan fingerprint density at radius 2 is 1.83 bits per heavy atom. The number of piperidine rings is 1. The highest BCUT2D eigenvalue weighted by molar-refractivity contribution is 7.91. The van der Waals surface area contributed by atoms with E-state index in [2.05, 4.69) is 15.8 Å². The quantitative estimate of drug-likeness (QED) is 0.216. The first kappa shape index (κ1) is 36.6. The van der Waals surface area contributed by atoms with Crippen molar-refractivity contribution < 1.29 is 36.5 Å². The summed E-state index contributed by atoms with van der Waals surface area (Å²) in [6.45, 7) is 4.30. The Hall–Kier alpha value is -4.32. The number of hydrogen-bond donors (Lipinski definition) is 1. The first-order chi connectivity index (χ1) is 26.1. The predicted octanol–water partition coefficient (Wildman–Crippen LogP) is 5.88. The van der Waals surface area contributed by atoms with Gasteiger partial charge < -0.3 is 24.2 Å². The topological polar surface area (TPSA) is 127 Å². The Balaban J connectivity index is 1.20. The average molecular weight is 762 g/mol. The monoisotopic (exact) mass is 761 g/mol. The largest absolute Gasteiger partial charge is 0.508 e. The Morgan fingerprint density at radius 3 is 2.63 bits per heavy atom. The fourth-order valence-electron chi connectivity index (χ4n) is 9.33. The van der Waals surface area contributed by atoms with Gasteiger partial charge in [-0.25, -0.2) is 22.2 Å². The summed E-state index contributed by atoms with van der Waals surface area (Å²) in [5.41, 5.74) is -0.448. The number of nitrogens with zero attached hydrogens (tertiary/aromatic N) is 5. The molecule has 4 aromatic rings. The first-order valence-electron chi connectivity index (χ1n) is 18.9. The molecular formula is C40H45F2N5O6S. The van der Waals surface area contributed by atoms with E-state index in [9.17, 15) is 13.5 Å². The third-order valence-electron chi connectivity index (χ3n) is 12.0. The molecule has 8 rings (SSSR count). The maximum Gasteiger partial charge on any atom is 0.319 e. The SMILES string of the molecule is C#Cc1c(F)ccc2cc(O)cc(-c3nc(OC)c4c(N5CCCOCC5)nc(OCC56CCCC5N(CC5CCS(=O)(=O)CC5)CCC6)nc4c3F)c12. The van der Waals surface area contributed by atoms with Crippen LogP contribution in [-0.4, -0.2) is 104 Å². The van der Waals surface area contributed by atoms with Crippen molar-refractivity contribution in [3.63, 3.8) is 0 Å². The van der Waals surface area contributed by atoms with Crippen LogP contribution in [-0.2, 0) is 14.6 Å². The summed E-state index contributed by atoms with van der Waals surface area (Å²) in [6, 6.07) is 5.73. The Kier molecular flexibility index (Phi) is 10.00. The molecule has 2 aromatic carbocycles. The van der Waals surface area contributed by atoms with Gasteiger partial charge in [-0.05, 0) is 81.0 Å². The number of methoxy groups -OCH3 is 1. The minimum Gasteiger partial charge on any atom is -0.508 e. The normalized spacial score (nSPS) is 23.6. The molecule has 2 unspecified atom stereocenters. The van der Waals surface area contributed by atoms with Crippen LogP contribution in [0.4, 0.5) is 14.6 Å². The number of sulfone groups is 1. The molecular weight excluding hydrogens is 717 g/mol. The summed E-state index contributed by atoms with van der Waals surface area (Å²) in [5, 5.41) is 11.6. The van der Waals surface area contributed by atoms with Crippen molar-refractivity contribution >= 4 is 37.3 Å². The lowest BCUT2D eigenvalue weighted by atomic mass is 9.75. The number of fused-ring (bicyclic) bond motifs is 3. The number of rotatable bonds is 8. The van der Waals surface area contributed by atoms with Gasteiger partial charge in [-0.2, -0.15) is 9.97 Å². The first-order valence-corrected chi connectivity index (χ1v) is 20.7. The lowest BCUT2D eigenvalue weighted by molar-refractivity contribution is -0.00810. The van der Waals surface area contributed by atoms with E-state index in [0.717, 1.165) is 51.6 Å². The number of phenols is 1. The van der Waals surface area contributed by atoms with Crippen molar-refractivity contribution in [1.29, 1.82) is 0 Å². The number of likely N-dealkylation sites (tertiary alicyclic amines) is 1. The Bertz CT molecular complexity index is 2230.